The summed E-state index contributed by atoms with van der Waals surface area (Å²) >= 11 is 0. The van der Waals surface area contributed by atoms with Crippen LogP contribution in [0.2, 0.25) is 0 Å². The van der Waals surface area contributed by atoms with Gasteiger partial charge in [0.25, 0.3) is 0 Å². The fraction of sp³-hybridized carbons (Fsp3) is 0.143. The molecule has 0 atom stereocenters. The first-order valence-corrected chi connectivity index (χ1v) is 9.07. The maximum absolute atomic E-state index is 5.79. The van der Waals surface area contributed by atoms with E-state index >= 15 is 0 Å². The van der Waals surface area contributed by atoms with Crippen molar-refractivity contribution in [3.63, 3.8) is 0 Å². The van der Waals surface area contributed by atoms with Crippen molar-refractivity contribution in [1.82, 2.24) is 25.0 Å². The zero-order chi connectivity index (χ0) is 19.1. The van der Waals surface area contributed by atoms with Crippen molar-refractivity contribution in [2.75, 3.05) is 6.61 Å². The van der Waals surface area contributed by atoms with Gasteiger partial charge in [0.05, 0.1) is 12.2 Å². The summed E-state index contributed by atoms with van der Waals surface area (Å²) in [6.07, 6.45) is 0. The molecule has 0 aliphatic rings. The van der Waals surface area contributed by atoms with Crippen molar-refractivity contribution in [2.24, 2.45) is 0 Å². The van der Waals surface area contributed by atoms with Crippen LogP contribution in [0.25, 0.3) is 39.1 Å². The molecule has 7 heteroatoms. The Morgan fingerprint density at radius 2 is 1.71 bits per heavy atom. The molecule has 0 radical (unpaired) electrons. The summed E-state index contributed by atoms with van der Waals surface area (Å²) in [6.45, 7) is 4.31. The van der Waals surface area contributed by atoms with Gasteiger partial charge in [0, 0.05) is 16.3 Å². The van der Waals surface area contributed by atoms with E-state index in [0.29, 0.717) is 35.4 Å². The first-order chi connectivity index (χ1) is 13.8. The number of rotatable bonds is 4. The number of aryl methyl sites for hydroxylation is 1. The van der Waals surface area contributed by atoms with Crippen LogP contribution in [0.4, 0.5) is 0 Å². The molecule has 0 saturated carbocycles. The highest BCUT2D eigenvalue weighted by molar-refractivity contribution is 5.97. The van der Waals surface area contributed by atoms with Crippen molar-refractivity contribution in [3.05, 3.63) is 60.4 Å². The molecule has 2 aromatic carbocycles. The minimum absolute atomic E-state index is 0.515. The van der Waals surface area contributed by atoms with Gasteiger partial charge >= 0.3 is 0 Å². The summed E-state index contributed by atoms with van der Waals surface area (Å²) < 4.78 is 13.0. The van der Waals surface area contributed by atoms with E-state index in [1.54, 1.807) is 4.52 Å². The normalized spacial score (nSPS) is 11.4. The largest absolute Gasteiger partial charge is 0.476 e. The summed E-state index contributed by atoms with van der Waals surface area (Å²) in [5, 5.41) is 19.6. The van der Waals surface area contributed by atoms with Gasteiger partial charge in [-0.25, -0.2) is 0 Å². The molecule has 0 amide bonds. The van der Waals surface area contributed by atoms with E-state index in [0.717, 1.165) is 21.9 Å². The van der Waals surface area contributed by atoms with Crippen LogP contribution in [0.3, 0.4) is 0 Å². The number of hydrogen-bond donors (Lipinski definition) is 0. The summed E-state index contributed by atoms with van der Waals surface area (Å²) in [7, 11) is 0. The van der Waals surface area contributed by atoms with Gasteiger partial charge in [-0.1, -0.05) is 53.7 Å². The van der Waals surface area contributed by atoms with E-state index in [9.17, 15) is 0 Å². The number of aromatic nitrogens is 5. The Bertz CT molecular complexity index is 1290. The second kappa shape index (κ2) is 6.45. The molecule has 5 rings (SSSR count). The Kier molecular flexibility index (Phi) is 3.79. The topological polar surface area (TPSA) is 78.3 Å². The van der Waals surface area contributed by atoms with Gasteiger partial charge in [-0.05, 0) is 19.9 Å². The molecule has 3 aromatic heterocycles. The third-order valence-corrected chi connectivity index (χ3v) is 4.64. The number of ether oxygens (including phenoxy) is 1. The first kappa shape index (κ1) is 16.4. The molecule has 0 spiro atoms. The molecule has 0 aliphatic heterocycles. The lowest BCUT2D eigenvalue weighted by molar-refractivity contribution is 0.326. The van der Waals surface area contributed by atoms with E-state index in [-0.39, 0.29) is 0 Å². The first-order valence-electron chi connectivity index (χ1n) is 9.07. The molecule has 0 aliphatic carbocycles. The minimum atomic E-state index is 0.515. The third kappa shape index (κ3) is 2.44. The number of fused-ring (bicyclic) bond motifs is 3. The van der Waals surface area contributed by atoms with Crippen LogP contribution >= 0.6 is 0 Å². The summed E-state index contributed by atoms with van der Waals surface area (Å²) in [5.74, 6) is 1.77. The average Bonchev–Trinajstić information content (AvgIpc) is 3.32. The monoisotopic (exact) mass is 371 g/mol. The van der Waals surface area contributed by atoms with Crippen LogP contribution in [0.1, 0.15) is 12.7 Å². The van der Waals surface area contributed by atoms with Gasteiger partial charge in [0.15, 0.2) is 11.5 Å². The van der Waals surface area contributed by atoms with Crippen LogP contribution in [0, 0.1) is 6.92 Å². The highest BCUT2D eigenvalue weighted by Gasteiger charge is 2.23. The van der Waals surface area contributed by atoms with Crippen LogP contribution in [0.5, 0.6) is 5.88 Å². The average molecular weight is 371 g/mol. The number of benzene rings is 2. The molecule has 138 valence electrons. The summed E-state index contributed by atoms with van der Waals surface area (Å²) in [5.41, 5.74) is 3.08. The Morgan fingerprint density at radius 3 is 2.50 bits per heavy atom. The zero-order valence-electron chi connectivity index (χ0n) is 15.5. The van der Waals surface area contributed by atoms with Crippen molar-refractivity contribution in [3.8, 4) is 28.5 Å². The molecule has 0 saturated heterocycles. The lowest BCUT2D eigenvalue weighted by atomic mass is 10.1. The molecule has 0 N–H and O–H groups in total. The fourth-order valence-corrected chi connectivity index (χ4v) is 3.38. The molecule has 3 heterocycles. The van der Waals surface area contributed by atoms with Crippen LogP contribution < -0.4 is 4.74 Å². The van der Waals surface area contributed by atoms with E-state index in [4.69, 9.17) is 9.26 Å². The Hall–Kier alpha value is -3.74. The lowest BCUT2D eigenvalue weighted by Crippen LogP contribution is -2.03. The fourth-order valence-electron chi connectivity index (χ4n) is 3.38. The highest BCUT2D eigenvalue weighted by atomic mass is 16.5. The predicted molar refractivity (Wildman–Crippen MR) is 105 cm³/mol. The van der Waals surface area contributed by atoms with Crippen molar-refractivity contribution in [2.45, 2.75) is 13.8 Å². The van der Waals surface area contributed by atoms with Gasteiger partial charge in [-0.3, -0.25) is 0 Å². The van der Waals surface area contributed by atoms with Gasteiger partial charge in [0.2, 0.25) is 5.88 Å². The molecule has 28 heavy (non-hydrogen) atoms. The smallest absolute Gasteiger partial charge is 0.239 e. The molecular formula is C21H17N5O2. The Labute approximate surface area is 160 Å². The van der Waals surface area contributed by atoms with E-state index < -0.39 is 0 Å². The Morgan fingerprint density at radius 1 is 0.964 bits per heavy atom. The van der Waals surface area contributed by atoms with Crippen molar-refractivity contribution < 1.29 is 9.26 Å². The van der Waals surface area contributed by atoms with Crippen LogP contribution in [-0.2, 0) is 0 Å². The molecule has 0 bridgehead atoms. The SMILES string of the molecule is CCOc1nn2c(-c3c(-c4ccccc4)noc3C)nnc2c2ccccc12. The lowest BCUT2D eigenvalue weighted by Gasteiger charge is -2.08. The molecule has 7 nitrogen and oxygen atoms in total. The Balaban J connectivity index is 1.81. The van der Waals surface area contributed by atoms with Crippen molar-refractivity contribution >= 4 is 16.4 Å². The summed E-state index contributed by atoms with van der Waals surface area (Å²) in [6, 6.07) is 17.7. The van der Waals surface area contributed by atoms with Gasteiger partial charge in [-0.15, -0.1) is 15.3 Å². The molecule has 0 fully saturated rings. The molecule has 0 unspecified atom stereocenters. The highest BCUT2D eigenvalue weighted by Crippen LogP contribution is 2.35. The standard InChI is InChI=1S/C21H17N5O2/c1-3-27-21-16-12-8-7-11-15(16)19-22-23-20(26(19)24-21)17-13(2)28-25-18(17)14-9-5-4-6-10-14/h4-12H,3H2,1-2H3. The van der Waals surface area contributed by atoms with Crippen LogP contribution in [-0.4, -0.2) is 31.6 Å². The van der Waals surface area contributed by atoms with Crippen LogP contribution in [0.15, 0.2) is 59.1 Å². The zero-order valence-corrected chi connectivity index (χ0v) is 15.5. The van der Waals surface area contributed by atoms with Gasteiger partial charge in [-0.2, -0.15) is 4.52 Å². The van der Waals surface area contributed by atoms with Gasteiger partial charge in [0.1, 0.15) is 11.5 Å². The molecule has 5 aromatic rings. The van der Waals surface area contributed by atoms with Crippen molar-refractivity contribution in [1.29, 1.82) is 0 Å². The quantitative estimate of drug-likeness (QED) is 0.468. The number of nitrogens with zero attached hydrogens (tertiary/aromatic N) is 5. The predicted octanol–water partition coefficient (Wildman–Crippen LogP) is 4.31. The minimum Gasteiger partial charge on any atom is -0.476 e. The van der Waals surface area contributed by atoms with Gasteiger partial charge < -0.3 is 9.26 Å². The number of hydrogen-bond acceptors (Lipinski definition) is 6. The van der Waals surface area contributed by atoms with E-state index in [1.807, 2.05) is 68.4 Å². The van der Waals surface area contributed by atoms with E-state index in [2.05, 4.69) is 20.5 Å². The maximum atomic E-state index is 5.79. The second-order valence-electron chi connectivity index (χ2n) is 6.37. The van der Waals surface area contributed by atoms with E-state index in [1.165, 1.54) is 0 Å². The summed E-state index contributed by atoms with van der Waals surface area (Å²) in [4.78, 5) is 0. The molecular weight excluding hydrogens is 354 g/mol. The maximum Gasteiger partial charge on any atom is 0.239 e. The third-order valence-electron chi connectivity index (χ3n) is 4.64. The second-order valence-corrected chi connectivity index (χ2v) is 6.37.